The number of hydrogen-bond acceptors (Lipinski definition) is 4. The van der Waals surface area contributed by atoms with Gasteiger partial charge in [-0.25, -0.2) is 0 Å². The summed E-state index contributed by atoms with van der Waals surface area (Å²) < 4.78 is 0. The van der Waals surface area contributed by atoms with Gasteiger partial charge in [-0.1, -0.05) is 29.8 Å². The first-order valence-electron chi connectivity index (χ1n) is 6.72. The van der Waals surface area contributed by atoms with Crippen LogP contribution in [0, 0.1) is 6.92 Å². The first-order valence-corrected chi connectivity index (χ1v) is 6.72. The highest BCUT2D eigenvalue weighted by atomic mass is 15.4. The molecule has 0 spiro atoms. The van der Waals surface area contributed by atoms with Crippen LogP contribution in [-0.2, 0) is 0 Å². The van der Waals surface area contributed by atoms with Gasteiger partial charge in [-0.05, 0) is 19.8 Å². The maximum absolute atomic E-state index is 5.91. The van der Waals surface area contributed by atoms with E-state index in [1.807, 2.05) is 0 Å². The van der Waals surface area contributed by atoms with Crippen LogP contribution in [0.5, 0.6) is 0 Å². The number of rotatable bonds is 2. The number of nitrogens with zero attached hydrogens (tertiary/aromatic N) is 3. The summed E-state index contributed by atoms with van der Waals surface area (Å²) >= 11 is 0. The largest absolute Gasteiger partial charge is 0.339 e. The smallest absolute Gasteiger partial charge is 0.245 e. The number of nitrogens with one attached hydrogen (secondary N) is 1. The third-order valence-corrected chi connectivity index (χ3v) is 3.62. The number of benzene rings is 1. The molecule has 0 atom stereocenters. The maximum Gasteiger partial charge on any atom is 0.245 e. The summed E-state index contributed by atoms with van der Waals surface area (Å²) in [5.74, 6) is 1.60. The zero-order chi connectivity index (χ0) is 13.2. The van der Waals surface area contributed by atoms with E-state index in [2.05, 4.69) is 51.3 Å². The average Bonchev–Trinajstić information content (AvgIpc) is 2.90. The van der Waals surface area contributed by atoms with Crippen LogP contribution in [0.25, 0.3) is 11.4 Å². The van der Waals surface area contributed by atoms with Gasteiger partial charge < -0.3 is 10.6 Å². The molecule has 1 aliphatic heterocycles. The summed E-state index contributed by atoms with van der Waals surface area (Å²) in [5.41, 5.74) is 8.22. The molecular formula is C14H19N5. The SMILES string of the molecule is Cc1ccc(-c2nc(N3CCC(N)CC3)n[nH]2)cc1. The summed E-state index contributed by atoms with van der Waals surface area (Å²) in [4.78, 5) is 6.77. The monoisotopic (exact) mass is 257 g/mol. The summed E-state index contributed by atoms with van der Waals surface area (Å²) in [6.07, 6.45) is 2.02. The zero-order valence-corrected chi connectivity index (χ0v) is 11.1. The summed E-state index contributed by atoms with van der Waals surface area (Å²) in [7, 11) is 0. The van der Waals surface area contributed by atoms with E-state index in [4.69, 9.17) is 5.73 Å². The first-order chi connectivity index (χ1) is 9.22. The molecule has 1 aromatic carbocycles. The minimum Gasteiger partial charge on any atom is -0.339 e. The molecular weight excluding hydrogens is 238 g/mol. The molecule has 1 aliphatic rings. The lowest BCUT2D eigenvalue weighted by Gasteiger charge is -2.28. The molecule has 3 N–H and O–H groups in total. The third kappa shape index (κ3) is 2.61. The molecule has 0 unspecified atom stereocenters. The van der Waals surface area contributed by atoms with Crippen LogP contribution in [0.2, 0.25) is 0 Å². The van der Waals surface area contributed by atoms with Gasteiger partial charge in [0.2, 0.25) is 5.95 Å². The second-order valence-corrected chi connectivity index (χ2v) is 5.17. The van der Waals surface area contributed by atoms with Crippen molar-refractivity contribution in [2.45, 2.75) is 25.8 Å². The Hall–Kier alpha value is -1.88. The molecule has 2 aromatic rings. The molecule has 0 radical (unpaired) electrons. The molecule has 0 bridgehead atoms. The van der Waals surface area contributed by atoms with Crippen molar-refractivity contribution in [1.29, 1.82) is 0 Å². The van der Waals surface area contributed by atoms with E-state index in [0.29, 0.717) is 6.04 Å². The van der Waals surface area contributed by atoms with Crippen molar-refractivity contribution in [3.8, 4) is 11.4 Å². The van der Waals surface area contributed by atoms with Crippen LogP contribution in [-0.4, -0.2) is 34.3 Å². The predicted octanol–water partition coefficient (Wildman–Crippen LogP) is 1.71. The van der Waals surface area contributed by atoms with Gasteiger partial charge in [0.05, 0.1) is 0 Å². The molecule has 5 heteroatoms. The molecule has 19 heavy (non-hydrogen) atoms. The quantitative estimate of drug-likeness (QED) is 0.859. The Morgan fingerprint density at radius 3 is 2.58 bits per heavy atom. The van der Waals surface area contributed by atoms with Crippen LogP contribution < -0.4 is 10.6 Å². The third-order valence-electron chi connectivity index (χ3n) is 3.62. The molecule has 0 saturated carbocycles. The molecule has 0 amide bonds. The lowest BCUT2D eigenvalue weighted by molar-refractivity contribution is 0.496. The van der Waals surface area contributed by atoms with Gasteiger partial charge in [0.25, 0.3) is 0 Å². The number of aromatic amines is 1. The van der Waals surface area contributed by atoms with Crippen molar-refractivity contribution in [3.05, 3.63) is 29.8 Å². The van der Waals surface area contributed by atoms with Gasteiger partial charge in [-0.15, -0.1) is 5.10 Å². The molecule has 0 aliphatic carbocycles. The second-order valence-electron chi connectivity index (χ2n) is 5.17. The van der Waals surface area contributed by atoms with E-state index in [9.17, 15) is 0 Å². The zero-order valence-electron chi connectivity index (χ0n) is 11.1. The summed E-state index contributed by atoms with van der Waals surface area (Å²) in [6.45, 7) is 3.95. The normalized spacial score (nSPS) is 16.8. The summed E-state index contributed by atoms with van der Waals surface area (Å²) in [6, 6.07) is 8.61. The van der Waals surface area contributed by atoms with Gasteiger partial charge in [0.15, 0.2) is 5.82 Å². The fourth-order valence-electron chi connectivity index (χ4n) is 2.33. The number of anilines is 1. The van der Waals surface area contributed by atoms with Gasteiger partial charge in [0.1, 0.15) is 0 Å². The summed E-state index contributed by atoms with van der Waals surface area (Å²) in [5, 5.41) is 7.33. The van der Waals surface area contributed by atoms with E-state index >= 15 is 0 Å². The van der Waals surface area contributed by atoms with Gasteiger partial charge >= 0.3 is 0 Å². The van der Waals surface area contributed by atoms with Crippen LogP contribution in [0.1, 0.15) is 18.4 Å². The lowest BCUT2D eigenvalue weighted by atomic mass is 10.1. The molecule has 2 heterocycles. The Kier molecular flexibility index (Phi) is 3.21. The van der Waals surface area contributed by atoms with Crippen molar-refractivity contribution in [2.75, 3.05) is 18.0 Å². The Morgan fingerprint density at radius 2 is 1.89 bits per heavy atom. The Labute approximate surface area is 112 Å². The van der Waals surface area contributed by atoms with Crippen LogP contribution in [0.15, 0.2) is 24.3 Å². The molecule has 5 nitrogen and oxygen atoms in total. The van der Waals surface area contributed by atoms with E-state index in [1.165, 1.54) is 5.56 Å². The van der Waals surface area contributed by atoms with Crippen molar-refractivity contribution in [1.82, 2.24) is 15.2 Å². The fraction of sp³-hybridized carbons (Fsp3) is 0.429. The van der Waals surface area contributed by atoms with Crippen LogP contribution in [0.3, 0.4) is 0 Å². The van der Waals surface area contributed by atoms with Crippen LogP contribution >= 0.6 is 0 Å². The van der Waals surface area contributed by atoms with Crippen LogP contribution in [0.4, 0.5) is 5.95 Å². The topological polar surface area (TPSA) is 70.8 Å². The van der Waals surface area contributed by atoms with E-state index in [0.717, 1.165) is 43.3 Å². The highest BCUT2D eigenvalue weighted by Gasteiger charge is 2.19. The number of nitrogens with two attached hydrogens (primary N) is 1. The van der Waals surface area contributed by atoms with E-state index < -0.39 is 0 Å². The maximum atomic E-state index is 5.91. The molecule has 3 rings (SSSR count). The Bertz CT molecular complexity index is 537. The van der Waals surface area contributed by atoms with Gasteiger partial charge in [-0.2, -0.15) is 4.98 Å². The Morgan fingerprint density at radius 1 is 1.21 bits per heavy atom. The predicted molar refractivity (Wildman–Crippen MR) is 76.0 cm³/mol. The molecule has 100 valence electrons. The standard InChI is InChI=1S/C14H19N5/c1-10-2-4-11(5-3-10)13-16-14(18-17-13)19-8-6-12(15)7-9-19/h2-5,12H,6-9,15H2,1H3,(H,16,17,18). The fourth-order valence-corrected chi connectivity index (χ4v) is 2.33. The lowest BCUT2D eigenvalue weighted by Crippen LogP contribution is -2.40. The van der Waals surface area contributed by atoms with Crippen molar-refractivity contribution < 1.29 is 0 Å². The minimum atomic E-state index is 0.326. The van der Waals surface area contributed by atoms with Gasteiger partial charge in [0, 0.05) is 24.7 Å². The van der Waals surface area contributed by atoms with Crippen molar-refractivity contribution >= 4 is 5.95 Å². The molecule has 1 aromatic heterocycles. The average molecular weight is 257 g/mol. The highest BCUT2D eigenvalue weighted by molar-refractivity contribution is 5.56. The number of hydrogen-bond donors (Lipinski definition) is 2. The van der Waals surface area contributed by atoms with Crippen molar-refractivity contribution in [2.24, 2.45) is 5.73 Å². The highest BCUT2D eigenvalue weighted by Crippen LogP contribution is 2.20. The Balaban J connectivity index is 1.77. The minimum absolute atomic E-state index is 0.326. The number of aromatic nitrogens is 3. The molecule has 1 saturated heterocycles. The number of aryl methyl sites for hydroxylation is 1. The molecule has 1 fully saturated rings. The first kappa shape index (κ1) is 12.2. The van der Waals surface area contributed by atoms with E-state index in [1.54, 1.807) is 0 Å². The van der Waals surface area contributed by atoms with Crippen molar-refractivity contribution in [3.63, 3.8) is 0 Å². The number of piperidine rings is 1. The van der Waals surface area contributed by atoms with E-state index in [-0.39, 0.29) is 0 Å². The number of H-pyrrole nitrogens is 1. The second kappa shape index (κ2) is 5.01. The van der Waals surface area contributed by atoms with Gasteiger partial charge in [-0.3, -0.25) is 5.10 Å².